The first kappa shape index (κ1) is 12.7. The average molecular weight is 248 g/mol. The lowest BCUT2D eigenvalue weighted by atomic mass is 9.98. The first-order valence-corrected chi connectivity index (χ1v) is 5.69. The molecule has 0 aromatic heterocycles. The van der Waals surface area contributed by atoms with Crippen LogP contribution in [0.25, 0.3) is 0 Å². The van der Waals surface area contributed by atoms with Crippen molar-refractivity contribution in [2.45, 2.75) is 20.0 Å². The van der Waals surface area contributed by atoms with Gasteiger partial charge in [-0.15, -0.1) is 0 Å². The van der Waals surface area contributed by atoms with Crippen molar-refractivity contribution < 1.29 is 13.9 Å². The van der Waals surface area contributed by atoms with Crippen molar-refractivity contribution in [2.75, 3.05) is 0 Å². The molecule has 0 saturated heterocycles. The lowest BCUT2D eigenvalue weighted by Gasteiger charge is -2.14. The summed E-state index contributed by atoms with van der Waals surface area (Å²) in [6, 6.07) is 8.91. The second-order valence-corrected chi connectivity index (χ2v) is 4.45. The molecule has 1 unspecified atom stereocenters. The second kappa shape index (κ2) is 4.86. The van der Waals surface area contributed by atoms with Crippen molar-refractivity contribution in [1.82, 2.24) is 0 Å². The molecule has 2 aromatic rings. The third-order valence-corrected chi connectivity index (χ3v) is 2.90. The molecule has 1 N–H and O–H groups in total. The number of hydrogen-bond donors (Lipinski definition) is 1. The van der Waals surface area contributed by atoms with E-state index < -0.39 is 17.7 Å². The summed E-state index contributed by atoms with van der Waals surface area (Å²) in [5.41, 5.74) is 1.76. The third kappa shape index (κ3) is 2.41. The van der Waals surface area contributed by atoms with Gasteiger partial charge in [0.1, 0.15) is 17.7 Å². The highest BCUT2D eigenvalue weighted by Crippen LogP contribution is 2.27. The predicted octanol–water partition coefficient (Wildman–Crippen LogP) is 3.66. The van der Waals surface area contributed by atoms with Crippen molar-refractivity contribution in [3.8, 4) is 0 Å². The Morgan fingerprint density at radius 2 is 1.44 bits per heavy atom. The predicted molar refractivity (Wildman–Crippen MR) is 66.3 cm³/mol. The van der Waals surface area contributed by atoms with Gasteiger partial charge in [-0.3, -0.25) is 0 Å². The Kier molecular flexibility index (Phi) is 3.43. The summed E-state index contributed by atoms with van der Waals surface area (Å²) in [4.78, 5) is 0. The minimum absolute atomic E-state index is 0.0881. The number of aliphatic hydroxyl groups excluding tert-OH is 1. The molecule has 0 bridgehead atoms. The van der Waals surface area contributed by atoms with Crippen molar-refractivity contribution in [2.24, 2.45) is 0 Å². The average Bonchev–Trinajstić information content (AvgIpc) is 2.31. The fourth-order valence-electron chi connectivity index (χ4n) is 1.89. The Labute approximate surface area is 105 Å². The van der Waals surface area contributed by atoms with Crippen molar-refractivity contribution >= 4 is 0 Å². The number of aryl methyl sites for hydroxylation is 2. The summed E-state index contributed by atoms with van der Waals surface area (Å²) in [5, 5.41) is 10.1. The molecule has 0 fully saturated rings. The highest BCUT2D eigenvalue weighted by Gasteiger charge is 2.18. The summed E-state index contributed by atoms with van der Waals surface area (Å²) in [6.45, 7) is 3.55. The number of aliphatic hydroxyl groups is 1. The smallest absolute Gasteiger partial charge is 0.129 e. The molecule has 0 spiro atoms. The van der Waals surface area contributed by atoms with Crippen LogP contribution in [0.3, 0.4) is 0 Å². The van der Waals surface area contributed by atoms with Crippen molar-refractivity contribution in [1.29, 1.82) is 0 Å². The van der Waals surface area contributed by atoms with Crippen LogP contribution in [-0.2, 0) is 0 Å². The van der Waals surface area contributed by atoms with Gasteiger partial charge >= 0.3 is 0 Å². The number of benzene rings is 2. The summed E-state index contributed by atoms with van der Waals surface area (Å²) in [5.74, 6) is -1.06. The van der Waals surface area contributed by atoms with E-state index in [1.54, 1.807) is 26.0 Å². The van der Waals surface area contributed by atoms with Crippen LogP contribution < -0.4 is 0 Å². The number of halogens is 2. The van der Waals surface area contributed by atoms with Gasteiger partial charge in [0.15, 0.2) is 0 Å². The topological polar surface area (TPSA) is 20.2 Å². The van der Waals surface area contributed by atoms with E-state index in [4.69, 9.17) is 0 Å². The van der Waals surface area contributed by atoms with Gasteiger partial charge in [-0.1, -0.05) is 29.8 Å². The van der Waals surface area contributed by atoms with Crippen LogP contribution in [0.4, 0.5) is 8.78 Å². The molecule has 0 radical (unpaired) electrons. The molecule has 1 atom stereocenters. The van der Waals surface area contributed by atoms with E-state index in [1.807, 2.05) is 0 Å². The summed E-state index contributed by atoms with van der Waals surface area (Å²) in [6.07, 6.45) is -1.29. The lowest BCUT2D eigenvalue weighted by molar-refractivity contribution is 0.209. The van der Waals surface area contributed by atoms with Crippen LogP contribution in [-0.4, -0.2) is 5.11 Å². The van der Waals surface area contributed by atoms with E-state index in [1.165, 1.54) is 24.3 Å². The minimum Gasteiger partial charge on any atom is -0.383 e. The minimum atomic E-state index is -1.29. The fraction of sp³-hybridized carbons (Fsp3) is 0.200. The van der Waals surface area contributed by atoms with E-state index in [0.29, 0.717) is 0 Å². The molecular formula is C15H14F2O. The Balaban J connectivity index is 2.47. The standard InChI is InChI=1S/C15H14F2O/c1-9-4-6-13(16)12(7-9)15(18)11-5-3-10(2)8-14(11)17/h3-8,15,18H,1-2H3. The number of rotatable bonds is 2. The van der Waals surface area contributed by atoms with E-state index in [-0.39, 0.29) is 11.1 Å². The van der Waals surface area contributed by atoms with E-state index >= 15 is 0 Å². The zero-order valence-electron chi connectivity index (χ0n) is 10.2. The molecule has 0 saturated carbocycles. The molecule has 2 aromatic carbocycles. The maximum atomic E-state index is 13.7. The quantitative estimate of drug-likeness (QED) is 0.859. The monoisotopic (exact) mass is 248 g/mol. The van der Waals surface area contributed by atoms with Gasteiger partial charge in [-0.25, -0.2) is 8.78 Å². The molecule has 94 valence electrons. The molecule has 18 heavy (non-hydrogen) atoms. The van der Waals surface area contributed by atoms with Gasteiger partial charge < -0.3 is 5.11 Å². The van der Waals surface area contributed by atoms with Gasteiger partial charge in [0.25, 0.3) is 0 Å². The molecule has 1 nitrogen and oxygen atoms in total. The van der Waals surface area contributed by atoms with Crippen molar-refractivity contribution in [3.63, 3.8) is 0 Å². The molecule has 0 aliphatic rings. The normalized spacial score (nSPS) is 12.5. The van der Waals surface area contributed by atoms with Crippen LogP contribution in [0.1, 0.15) is 28.4 Å². The molecule has 2 rings (SSSR count). The molecule has 0 amide bonds. The summed E-state index contributed by atoms with van der Waals surface area (Å²) < 4.78 is 27.4. The summed E-state index contributed by atoms with van der Waals surface area (Å²) in [7, 11) is 0. The first-order valence-electron chi connectivity index (χ1n) is 5.69. The zero-order valence-corrected chi connectivity index (χ0v) is 10.2. The molecule has 3 heteroatoms. The van der Waals surface area contributed by atoms with Crippen LogP contribution in [0.15, 0.2) is 36.4 Å². The highest BCUT2D eigenvalue weighted by molar-refractivity contribution is 5.35. The van der Waals surface area contributed by atoms with E-state index in [2.05, 4.69) is 0 Å². The maximum Gasteiger partial charge on any atom is 0.129 e. The summed E-state index contributed by atoms with van der Waals surface area (Å²) >= 11 is 0. The van der Waals surface area contributed by atoms with E-state index in [0.717, 1.165) is 11.1 Å². The Bertz CT molecular complexity index is 579. The molecule has 0 aliphatic heterocycles. The van der Waals surface area contributed by atoms with Crippen LogP contribution in [0.5, 0.6) is 0 Å². The Morgan fingerprint density at radius 1 is 0.833 bits per heavy atom. The fourth-order valence-corrected chi connectivity index (χ4v) is 1.89. The van der Waals surface area contributed by atoms with Gasteiger partial charge in [0.2, 0.25) is 0 Å². The molecule has 0 aliphatic carbocycles. The number of hydrogen-bond acceptors (Lipinski definition) is 1. The van der Waals surface area contributed by atoms with E-state index in [9.17, 15) is 13.9 Å². The third-order valence-electron chi connectivity index (χ3n) is 2.90. The molecular weight excluding hydrogens is 234 g/mol. The van der Waals surface area contributed by atoms with Gasteiger partial charge in [0.05, 0.1) is 0 Å². The van der Waals surface area contributed by atoms with Gasteiger partial charge in [-0.2, -0.15) is 0 Å². The largest absolute Gasteiger partial charge is 0.383 e. The van der Waals surface area contributed by atoms with Gasteiger partial charge in [-0.05, 0) is 31.5 Å². The second-order valence-electron chi connectivity index (χ2n) is 4.45. The maximum absolute atomic E-state index is 13.7. The molecule has 0 heterocycles. The highest BCUT2D eigenvalue weighted by atomic mass is 19.1. The van der Waals surface area contributed by atoms with Gasteiger partial charge in [0, 0.05) is 11.1 Å². The van der Waals surface area contributed by atoms with Crippen LogP contribution >= 0.6 is 0 Å². The Morgan fingerprint density at radius 3 is 2.11 bits per heavy atom. The first-order chi connectivity index (χ1) is 8.49. The lowest BCUT2D eigenvalue weighted by Crippen LogP contribution is -2.05. The van der Waals surface area contributed by atoms with Crippen LogP contribution in [0, 0.1) is 25.5 Å². The SMILES string of the molecule is Cc1ccc(C(O)c2cc(C)ccc2F)c(F)c1. The van der Waals surface area contributed by atoms with Crippen molar-refractivity contribution in [3.05, 3.63) is 70.3 Å². The zero-order chi connectivity index (χ0) is 13.3. The Hall–Kier alpha value is -1.74. The van der Waals surface area contributed by atoms with Crippen LogP contribution in [0.2, 0.25) is 0 Å².